The van der Waals surface area contributed by atoms with E-state index in [1.54, 1.807) is 30.3 Å². The van der Waals surface area contributed by atoms with Gasteiger partial charge in [-0.2, -0.15) is 8.78 Å². The number of amides is 1. The summed E-state index contributed by atoms with van der Waals surface area (Å²) in [6, 6.07) is 13.5. The van der Waals surface area contributed by atoms with E-state index in [0.29, 0.717) is 30.9 Å². The predicted octanol–water partition coefficient (Wildman–Crippen LogP) is 3.82. The number of carbonyl (C=O) groups is 1. The molecule has 1 heterocycles. The van der Waals surface area contributed by atoms with E-state index >= 15 is 0 Å². The summed E-state index contributed by atoms with van der Waals surface area (Å²) in [5, 5.41) is 2.86. The summed E-state index contributed by atoms with van der Waals surface area (Å²) in [4.78, 5) is 12.5. The van der Waals surface area contributed by atoms with Crippen molar-refractivity contribution in [2.45, 2.75) is 32.0 Å². The molecule has 7 heteroatoms. The van der Waals surface area contributed by atoms with Crippen LogP contribution in [-0.2, 0) is 11.2 Å². The highest BCUT2D eigenvalue weighted by atomic mass is 19.3. The largest absolute Gasteiger partial charge is 0.490 e. The maximum atomic E-state index is 12.5. The molecule has 3 rings (SSSR count). The Morgan fingerprint density at radius 1 is 1.18 bits per heavy atom. The van der Waals surface area contributed by atoms with E-state index < -0.39 is 6.61 Å². The SMILES string of the molecule is O=C(NCCc1ccc(OC(F)F)cc1)c1ccccc1OCC1CCCO1. The molecule has 5 nitrogen and oxygen atoms in total. The summed E-state index contributed by atoms with van der Waals surface area (Å²) in [5.74, 6) is 0.421. The second kappa shape index (κ2) is 10.0. The first-order chi connectivity index (χ1) is 13.6. The molecule has 0 aliphatic carbocycles. The van der Waals surface area contributed by atoms with Gasteiger partial charge < -0.3 is 19.5 Å². The molecule has 1 saturated heterocycles. The average molecular weight is 391 g/mol. The zero-order chi connectivity index (χ0) is 19.8. The number of halogens is 2. The number of benzene rings is 2. The van der Waals surface area contributed by atoms with E-state index in [1.165, 1.54) is 12.1 Å². The lowest BCUT2D eigenvalue weighted by Crippen LogP contribution is -2.26. The molecule has 150 valence electrons. The predicted molar refractivity (Wildman–Crippen MR) is 100 cm³/mol. The van der Waals surface area contributed by atoms with Crippen LogP contribution in [0, 0.1) is 0 Å². The Morgan fingerprint density at radius 2 is 1.96 bits per heavy atom. The van der Waals surface area contributed by atoms with Gasteiger partial charge in [-0.25, -0.2) is 0 Å². The van der Waals surface area contributed by atoms with Crippen LogP contribution >= 0.6 is 0 Å². The van der Waals surface area contributed by atoms with Crippen LogP contribution in [0.5, 0.6) is 11.5 Å². The second-order valence-electron chi connectivity index (χ2n) is 6.47. The van der Waals surface area contributed by atoms with Crippen LogP contribution in [0.4, 0.5) is 8.78 Å². The summed E-state index contributed by atoms with van der Waals surface area (Å²) in [6.45, 7) is -1.25. The van der Waals surface area contributed by atoms with Gasteiger partial charge in [0, 0.05) is 13.2 Å². The van der Waals surface area contributed by atoms with E-state index in [9.17, 15) is 13.6 Å². The molecule has 0 spiro atoms. The summed E-state index contributed by atoms with van der Waals surface area (Å²) < 4.78 is 40.0. The number of rotatable bonds is 9. The molecule has 0 aromatic heterocycles. The third-order valence-corrected chi connectivity index (χ3v) is 4.43. The third-order valence-electron chi connectivity index (χ3n) is 4.43. The minimum atomic E-state index is -2.84. The van der Waals surface area contributed by atoms with Crippen LogP contribution in [0.2, 0.25) is 0 Å². The van der Waals surface area contributed by atoms with Gasteiger partial charge in [0.15, 0.2) is 0 Å². The molecule has 1 unspecified atom stereocenters. The van der Waals surface area contributed by atoms with E-state index in [0.717, 1.165) is 25.0 Å². The van der Waals surface area contributed by atoms with Crippen molar-refractivity contribution in [3.8, 4) is 11.5 Å². The molecule has 0 saturated carbocycles. The van der Waals surface area contributed by atoms with Crippen molar-refractivity contribution < 1.29 is 27.8 Å². The number of para-hydroxylation sites is 1. The number of carbonyl (C=O) groups excluding carboxylic acids is 1. The Morgan fingerprint density at radius 3 is 2.68 bits per heavy atom. The van der Waals surface area contributed by atoms with Gasteiger partial charge in [0.05, 0.1) is 11.7 Å². The van der Waals surface area contributed by atoms with Crippen LogP contribution in [0.1, 0.15) is 28.8 Å². The molecular weight excluding hydrogens is 368 g/mol. The van der Waals surface area contributed by atoms with Crippen LogP contribution in [0.3, 0.4) is 0 Å². The van der Waals surface area contributed by atoms with Gasteiger partial charge in [0.1, 0.15) is 18.1 Å². The van der Waals surface area contributed by atoms with Crippen molar-refractivity contribution in [1.29, 1.82) is 0 Å². The maximum Gasteiger partial charge on any atom is 0.387 e. The average Bonchev–Trinajstić information content (AvgIpc) is 3.21. The zero-order valence-electron chi connectivity index (χ0n) is 15.4. The lowest BCUT2D eigenvalue weighted by molar-refractivity contribution is -0.0498. The fraction of sp³-hybridized carbons (Fsp3) is 0.381. The maximum absolute atomic E-state index is 12.5. The van der Waals surface area contributed by atoms with Gasteiger partial charge in [-0.1, -0.05) is 24.3 Å². The molecule has 1 fully saturated rings. The summed E-state index contributed by atoms with van der Waals surface area (Å²) in [7, 11) is 0. The number of alkyl halides is 2. The van der Waals surface area contributed by atoms with Crippen LogP contribution in [-0.4, -0.2) is 38.4 Å². The summed E-state index contributed by atoms with van der Waals surface area (Å²) in [5.41, 5.74) is 1.38. The molecule has 0 radical (unpaired) electrons. The lowest BCUT2D eigenvalue weighted by atomic mass is 10.1. The lowest BCUT2D eigenvalue weighted by Gasteiger charge is -2.14. The fourth-order valence-electron chi connectivity index (χ4n) is 2.99. The monoisotopic (exact) mass is 391 g/mol. The molecule has 2 aromatic rings. The first-order valence-electron chi connectivity index (χ1n) is 9.27. The molecule has 1 aliphatic rings. The number of nitrogens with one attached hydrogen (secondary N) is 1. The minimum absolute atomic E-state index is 0.0770. The van der Waals surface area contributed by atoms with Gasteiger partial charge in [-0.3, -0.25) is 4.79 Å². The van der Waals surface area contributed by atoms with Crippen molar-refractivity contribution >= 4 is 5.91 Å². The smallest absolute Gasteiger partial charge is 0.387 e. The van der Waals surface area contributed by atoms with Crippen LogP contribution in [0.15, 0.2) is 48.5 Å². The van der Waals surface area contributed by atoms with Gasteiger partial charge in [0.25, 0.3) is 5.91 Å². The number of hydrogen-bond donors (Lipinski definition) is 1. The Balaban J connectivity index is 1.49. The standard InChI is InChI=1S/C21H23F2NO4/c22-21(23)28-16-9-7-15(8-10-16)11-12-24-20(25)18-5-1-2-6-19(18)27-14-17-4-3-13-26-17/h1-2,5-10,17,21H,3-4,11-14H2,(H,24,25). The molecule has 1 atom stereocenters. The molecule has 2 aromatic carbocycles. The molecule has 1 N–H and O–H groups in total. The quantitative estimate of drug-likeness (QED) is 0.706. The van der Waals surface area contributed by atoms with Crippen molar-refractivity contribution in [3.63, 3.8) is 0 Å². The van der Waals surface area contributed by atoms with E-state index in [2.05, 4.69) is 10.1 Å². The van der Waals surface area contributed by atoms with Crippen LogP contribution < -0.4 is 14.8 Å². The van der Waals surface area contributed by atoms with Gasteiger partial charge in [-0.15, -0.1) is 0 Å². The first-order valence-corrected chi connectivity index (χ1v) is 9.27. The van der Waals surface area contributed by atoms with Crippen molar-refractivity contribution in [2.24, 2.45) is 0 Å². The van der Waals surface area contributed by atoms with Crippen molar-refractivity contribution in [3.05, 3.63) is 59.7 Å². The van der Waals surface area contributed by atoms with Crippen LogP contribution in [0.25, 0.3) is 0 Å². The van der Waals surface area contributed by atoms with Crippen molar-refractivity contribution in [2.75, 3.05) is 19.8 Å². The molecular formula is C21H23F2NO4. The molecule has 1 aliphatic heterocycles. The van der Waals surface area contributed by atoms with Gasteiger partial charge in [0.2, 0.25) is 0 Å². The van der Waals surface area contributed by atoms with Gasteiger partial charge >= 0.3 is 6.61 Å². The summed E-state index contributed by atoms with van der Waals surface area (Å²) in [6.07, 6.45) is 2.65. The fourth-order valence-corrected chi connectivity index (χ4v) is 2.99. The van der Waals surface area contributed by atoms with Gasteiger partial charge in [-0.05, 0) is 49.1 Å². The van der Waals surface area contributed by atoms with E-state index in [1.807, 2.05) is 6.07 Å². The number of ether oxygens (including phenoxy) is 3. The molecule has 0 bridgehead atoms. The third kappa shape index (κ3) is 5.92. The second-order valence-corrected chi connectivity index (χ2v) is 6.47. The highest BCUT2D eigenvalue weighted by molar-refractivity contribution is 5.96. The summed E-state index contributed by atoms with van der Waals surface area (Å²) >= 11 is 0. The normalized spacial score (nSPS) is 16.2. The molecule has 1 amide bonds. The number of hydrogen-bond acceptors (Lipinski definition) is 4. The minimum Gasteiger partial charge on any atom is -0.490 e. The Kier molecular flexibility index (Phi) is 7.19. The van der Waals surface area contributed by atoms with E-state index in [4.69, 9.17) is 9.47 Å². The Bertz CT molecular complexity index is 761. The zero-order valence-corrected chi connectivity index (χ0v) is 15.4. The molecule has 28 heavy (non-hydrogen) atoms. The first kappa shape index (κ1) is 20.1. The topological polar surface area (TPSA) is 56.8 Å². The highest BCUT2D eigenvalue weighted by Gasteiger charge is 2.18. The van der Waals surface area contributed by atoms with E-state index in [-0.39, 0.29) is 17.8 Å². The Hall–Kier alpha value is -2.67. The van der Waals surface area contributed by atoms with Crippen molar-refractivity contribution in [1.82, 2.24) is 5.32 Å². The highest BCUT2D eigenvalue weighted by Crippen LogP contribution is 2.20. The Labute approximate surface area is 162 Å².